The molecule has 0 fully saturated rings. The van der Waals surface area contributed by atoms with E-state index in [2.05, 4.69) is 5.32 Å². The molecule has 2 amide bonds. The fourth-order valence-electron chi connectivity index (χ4n) is 2.60. The van der Waals surface area contributed by atoms with Crippen molar-refractivity contribution in [3.05, 3.63) is 35.9 Å². The number of carbonyl (C=O) groups excluding carboxylic acids is 2. The van der Waals surface area contributed by atoms with Crippen LogP contribution in [0.4, 0.5) is 18.0 Å². The highest BCUT2D eigenvalue weighted by Gasteiger charge is 2.43. The summed E-state index contributed by atoms with van der Waals surface area (Å²) >= 11 is 0. The smallest absolute Gasteiger partial charge is 0.410 e. The largest absolute Gasteiger partial charge is 0.444 e. The molecular formula is C20H29F3N2O4. The highest BCUT2D eigenvalue weighted by molar-refractivity contribution is 5.88. The van der Waals surface area contributed by atoms with Crippen molar-refractivity contribution in [2.45, 2.75) is 76.9 Å². The molecule has 2 atom stereocenters. The van der Waals surface area contributed by atoms with Gasteiger partial charge in [0.25, 0.3) is 5.91 Å². The molecule has 29 heavy (non-hydrogen) atoms. The van der Waals surface area contributed by atoms with E-state index in [9.17, 15) is 27.9 Å². The number of halogens is 3. The van der Waals surface area contributed by atoms with Gasteiger partial charge in [0.1, 0.15) is 5.60 Å². The zero-order chi connectivity index (χ0) is 22.3. The quantitative estimate of drug-likeness (QED) is 0.552. The molecule has 9 heteroatoms. The summed E-state index contributed by atoms with van der Waals surface area (Å²) in [6.45, 7) is 6.53. The SMILES string of the molecule is CCC[C@@H](NC(=O)C(O)(CCC(F)(F)F)NC(=O)OC(C)(C)C)c1ccccc1. The third-order valence-electron chi connectivity index (χ3n) is 3.94. The number of rotatable bonds is 8. The van der Waals surface area contributed by atoms with Gasteiger partial charge in [0, 0.05) is 12.8 Å². The number of carbonyl (C=O) groups is 2. The highest BCUT2D eigenvalue weighted by Crippen LogP contribution is 2.27. The van der Waals surface area contributed by atoms with Gasteiger partial charge in [0.05, 0.1) is 6.04 Å². The maximum absolute atomic E-state index is 12.7. The van der Waals surface area contributed by atoms with Gasteiger partial charge in [-0.3, -0.25) is 10.1 Å². The van der Waals surface area contributed by atoms with Crippen LogP contribution in [0.2, 0.25) is 0 Å². The van der Waals surface area contributed by atoms with Crippen molar-refractivity contribution in [3.63, 3.8) is 0 Å². The van der Waals surface area contributed by atoms with Crippen LogP contribution in [0.1, 0.15) is 65.0 Å². The molecule has 0 aliphatic heterocycles. The van der Waals surface area contributed by atoms with Crippen molar-refractivity contribution in [1.82, 2.24) is 10.6 Å². The fourth-order valence-corrected chi connectivity index (χ4v) is 2.60. The molecule has 1 aromatic carbocycles. The molecule has 0 spiro atoms. The molecule has 0 bridgehead atoms. The summed E-state index contributed by atoms with van der Waals surface area (Å²) in [5, 5.41) is 15.1. The van der Waals surface area contributed by atoms with Crippen LogP contribution in [0, 0.1) is 0 Å². The molecule has 0 aromatic heterocycles. The Bertz CT molecular complexity index is 675. The summed E-state index contributed by atoms with van der Waals surface area (Å²) in [6.07, 6.45) is -7.14. The molecule has 0 saturated carbocycles. The third-order valence-corrected chi connectivity index (χ3v) is 3.94. The zero-order valence-corrected chi connectivity index (χ0v) is 17.1. The lowest BCUT2D eigenvalue weighted by Crippen LogP contribution is -2.60. The number of nitrogens with one attached hydrogen (secondary N) is 2. The summed E-state index contributed by atoms with van der Waals surface area (Å²) in [5.41, 5.74) is -3.00. The van der Waals surface area contributed by atoms with E-state index in [-0.39, 0.29) is 0 Å². The Hall–Kier alpha value is -2.29. The van der Waals surface area contributed by atoms with Gasteiger partial charge in [-0.2, -0.15) is 13.2 Å². The van der Waals surface area contributed by atoms with Crippen LogP contribution in [0.15, 0.2) is 30.3 Å². The molecule has 1 rings (SSSR count). The highest BCUT2D eigenvalue weighted by atomic mass is 19.4. The van der Waals surface area contributed by atoms with Gasteiger partial charge < -0.3 is 15.2 Å². The van der Waals surface area contributed by atoms with E-state index in [1.54, 1.807) is 51.1 Å². The van der Waals surface area contributed by atoms with Crippen LogP contribution in [0.5, 0.6) is 0 Å². The van der Waals surface area contributed by atoms with Gasteiger partial charge in [-0.25, -0.2) is 4.79 Å². The number of hydrogen-bond donors (Lipinski definition) is 3. The predicted molar refractivity (Wildman–Crippen MR) is 102 cm³/mol. The minimum Gasteiger partial charge on any atom is -0.444 e. The Morgan fingerprint density at radius 2 is 1.69 bits per heavy atom. The number of alkyl carbamates (subject to hydrolysis) is 1. The van der Waals surface area contributed by atoms with Crippen LogP contribution in [0.3, 0.4) is 0 Å². The number of alkyl halides is 3. The second-order valence-electron chi connectivity index (χ2n) is 7.83. The maximum atomic E-state index is 12.7. The van der Waals surface area contributed by atoms with Gasteiger partial charge in [-0.15, -0.1) is 0 Å². The van der Waals surface area contributed by atoms with E-state index in [1.165, 1.54) is 0 Å². The van der Waals surface area contributed by atoms with Crippen molar-refractivity contribution >= 4 is 12.0 Å². The summed E-state index contributed by atoms with van der Waals surface area (Å²) in [4.78, 5) is 24.8. The monoisotopic (exact) mass is 418 g/mol. The average molecular weight is 418 g/mol. The minimum atomic E-state index is -4.62. The Balaban J connectivity index is 3.05. The van der Waals surface area contributed by atoms with Gasteiger partial charge >= 0.3 is 12.3 Å². The maximum Gasteiger partial charge on any atom is 0.410 e. The van der Waals surface area contributed by atoms with Gasteiger partial charge in [0.15, 0.2) is 0 Å². The van der Waals surface area contributed by atoms with E-state index < -0.39 is 48.4 Å². The zero-order valence-electron chi connectivity index (χ0n) is 17.1. The molecule has 164 valence electrons. The topological polar surface area (TPSA) is 87.7 Å². The minimum absolute atomic E-state index is 0.498. The lowest BCUT2D eigenvalue weighted by atomic mass is 10.00. The first-order valence-electron chi connectivity index (χ1n) is 9.42. The second-order valence-corrected chi connectivity index (χ2v) is 7.83. The third kappa shape index (κ3) is 9.17. The lowest BCUT2D eigenvalue weighted by Gasteiger charge is -2.31. The normalized spacial score (nSPS) is 15.2. The van der Waals surface area contributed by atoms with Crippen LogP contribution in [-0.2, 0) is 9.53 Å². The fraction of sp³-hybridized carbons (Fsp3) is 0.600. The molecule has 0 aliphatic rings. The van der Waals surface area contributed by atoms with E-state index in [0.29, 0.717) is 12.8 Å². The van der Waals surface area contributed by atoms with E-state index in [4.69, 9.17) is 4.74 Å². The summed E-state index contributed by atoms with van der Waals surface area (Å²) < 4.78 is 43.1. The van der Waals surface area contributed by atoms with Crippen molar-refractivity contribution in [3.8, 4) is 0 Å². The number of aliphatic hydroxyl groups is 1. The van der Waals surface area contributed by atoms with Crippen molar-refractivity contribution in [2.75, 3.05) is 0 Å². The summed E-state index contributed by atoms with van der Waals surface area (Å²) in [7, 11) is 0. The Morgan fingerprint density at radius 1 is 1.10 bits per heavy atom. The number of ether oxygens (including phenoxy) is 1. The summed E-state index contributed by atoms with van der Waals surface area (Å²) in [5.74, 6) is -1.13. The van der Waals surface area contributed by atoms with Gasteiger partial charge in [-0.05, 0) is 32.8 Å². The van der Waals surface area contributed by atoms with E-state index in [0.717, 1.165) is 5.56 Å². The molecule has 1 unspecified atom stereocenters. The number of hydrogen-bond acceptors (Lipinski definition) is 4. The van der Waals surface area contributed by atoms with Crippen LogP contribution >= 0.6 is 0 Å². The predicted octanol–water partition coefficient (Wildman–Crippen LogP) is 4.20. The average Bonchev–Trinajstić information content (AvgIpc) is 2.58. The first kappa shape index (κ1) is 24.7. The summed E-state index contributed by atoms with van der Waals surface area (Å²) in [6, 6.07) is 8.30. The van der Waals surface area contributed by atoms with Crippen molar-refractivity contribution in [1.29, 1.82) is 0 Å². The van der Waals surface area contributed by atoms with Gasteiger partial charge in [-0.1, -0.05) is 43.7 Å². The molecule has 0 heterocycles. The molecule has 0 radical (unpaired) electrons. The number of benzene rings is 1. The standard InChI is InChI=1S/C20H29F3N2O4/c1-5-9-15(14-10-7-6-8-11-14)24-16(26)19(28,12-13-20(21,22)23)25-17(27)29-18(2,3)4/h6-8,10-11,15,28H,5,9,12-13H2,1-4H3,(H,24,26)(H,25,27)/t15-,19?/m1/s1. The first-order valence-corrected chi connectivity index (χ1v) is 9.42. The first-order chi connectivity index (χ1) is 13.3. The molecule has 1 aromatic rings. The molecule has 3 N–H and O–H groups in total. The molecular weight excluding hydrogens is 389 g/mol. The van der Waals surface area contributed by atoms with E-state index in [1.807, 2.05) is 12.2 Å². The number of amides is 2. The van der Waals surface area contributed by atoms with Crippen LogP contribution < -0.4 is 10.6 Å². The Morgan fingerprint density at radius 3 is 2.17 bits per heavy atom. The van der Waals surface area contributed by atoms with Crippen LogP contribution in [0.25, 0.3) is 0 Å². The molecule has 0 saturated heterocycles. The molecule has 0 aliphatic carbocycles. The second kappa shape index (κ2) is 9.96. The van der Waals surface area contributed by atoms with Gasteiger partial charge in [0.2, 0.25) is 5.72 Å². The van der Waals surface area contributed by atoms with E-state index >= 15 is 0 Å². The Kier molecular flexibility index (Phi) is 8.50. The van der Waals surface area contributed by atoms with Crippen molar-refractivity contribution in [2.24, 2.45) is 0 Å². The van der Waals surface area contributed by atoms with Crippen molar-refractivity contribution < 1.29 is 32.6 Å². The lowest BCUT2D eigenvalue weighted by molar-refractivity contribution is -0.161. The Labute approximate surface area is 168 Å². The van der Waals surface area contributed by atoms with Crippen LogP contribution in [-0.4, -0.2) is 34.6 Å². The molecule has 6 nitrogen and oxygen atoms in total.